The first kappa shape index (κ1) is 31.4. The Hall–Kier alpha value is -3.50. The van der Waals surface area contributed by atoms with E-state index in [9.17, 15) is 13.2 Å². The fraction of sp³-hybridized carbons (Fsp3) is 0.469. The van der Waals surface area contributed by atoms with Crippen LogP contribution < -0.4 is 15.0 Å². The van der Waals surface area contributed by atoms with Crippen LogP contribution in [0.1, 0.15) is 64.4 Å². The zero-order chi connectivity index (χ0) is 30.0. The van der Waals surface area contributed by atoms with Crippen LogP contribution >= 0.6 is 0 Å². The molecule has 0 radical (unpaired) electrons. The molecule has 0 spiro atoms. The second-order valence-corrected chi connectivity index (χ2v) is 12.5. The number of hydrogen-bond donors (Lipinski definition) is 1. The third kappa shape index (κ3) is 8.29. The highest BCUT2D eigenvalue weighted by molar-refractivity contribution is 7.92. The largest absolute Gasteiger partial charge is 0.464 e. The van der Waals surface area contributed by atoms with E-state index in [0.717, 1.165) is 61.6 Å². The number of benzene rings is 2. The summed E-state index contributed by atoms with van der Waals surface area (Å²) in [5.74, 6) is -0.652. The Morgan fingerprint density at radius 2 is 1.79 bits per heavy atom. The number of aromatic nitrogens is 2. The van der Waals surface area contributed by atoms with E-state index < -0.39 is 15.6 Å². The van der Waals surface area contributed by atoms with Crippen LogP contribution in [0.5, 0.6) is 6.01 Å². The van der Waals surface area contributed by atoms with Crippen molar-refractivity contribution in [2.75, 3.05) is 42.3 Å². The van der Waals surface area contributed by atoms with Crippen molar-refractivity contribution in [3.05, 3.63) is 66.5 Å². The maximum atomic E-state index is 12.8. The standard InChI is InChI=1S/C32H42N4O5S/c1-4-24(12-14-28(37)23-42(38,39)29-10-8-7-9-11-29)25-13-15-31(36(5-2)27-16-18-40-19-17-27)30(20-25)35-26-21-33-32(34-22-26)41-6-3/h7-11,13,15,20-22,24,27,35H,4-6,12,14,16-19,23H2,1-3H3/t24-/m1/s1. The molecule has 1 aromatic heterocycles. The van der Waals surface area contributed by atoms with Crippen LogP contribution in [0, 0.1) is 0 Å². The van der Waals surface area contributed by atoms with Gasteiger partial charge in [-0.05, 0) is 75.3 Å². The number of carbonyl (C=O) groups excluding carboxylic acids is 1. The maximum absolute atomic E-state index is 12.8. The molecule has 1 fully saturated rings. The Bertz CT molecular complexity index is 1390. The highest BCUT2D eigenvalue weighted by Crippen LogP contribution is 2.36. The number of Topliss-reactive ketones (excluding diaryl/α,β-unsaturated/α-hetero) is 1. The molecule has 2 heterocycles. The summed E-state index contributed by atoms with van der Waals surface area (Å²) in [5, 5.41) is 3.53. The van der Waals surface area contributed by atoms with Gasteiger partial charge in [0, 0.05) is 32.2 Å². The van der Waals surface area contributed by atoms with Crippen LogP contribution in [0.25, 0.3) is 0 Å². The lowest BCUT2D eigenvalue weighted by atomic mass is 9.90. The molecule has 2 aromatic carbocycles. The van der Waals surface area contributed by atoms with E-state index in [1.807, 2.05) is 6.92 Å². The Balaban J connectivity index is 1.55. The summed E-state index contributed by atoms with van der Waals surface area (Å²) in [6.07, 6.45) is 6.94. The topological polar surface area (TPSA) is 111 Å². The molecule has 4 rings (SSSR count). The molecule has 1 aliphatic rings. The van der Waals surface area contributed by atoms with Gasteiger partial charge in [-0.25, -0.2) is 18.4 Å². The molecule has 0 bridgehead atoms. The van der Waals surface area contributed by atoms with Crippen molar-refractivity contribution in [3.63, 3.8) is 0 Å². The number of ether oxygens (including phenoxy) is 2. The molecule has 3 aromatic rings. The lowest BCUT2D eigenvalue weighted by Gasteiger charge is -2.37. The highest BCUT2D eigenvalue weighted by Gasteiger charge is 2.25. The number of ketones is 1. The zero-order valence-corrected chi connectivity index (χ0v) is 25.6. The lowest BCUT2D eigenvalue weighted by molar-refractivity contribution is -0.116. The summed E-state index contributed by atoms with van der Waals surface area (Å²) in [6.45, 7) is 8.99. The van der Waals surface area contributed by atoms with Crippen molar-refractivity contribution in [1.29, 1.82) is 0 Å². The van der Waals surface area contributed by atoms with E-state index in [1.54, 1.807) is 30.6 Å². The highest BCUT2D eigenvalue weighted by atomic mass is 32.2. The normalized spacial score (nSPS) is 14.7. The predicted octanol–water partition coefficient (Wildman–Crippen LogP) is 5.94. The van der Waals surface area contributed by atoms with Crippen molar-refractivity contribution in [2.24, 2.45) is 0 Å². The van der Waals surface area contributed by atoms with Gasteiger partial charge in [-0.1, -0.05) is 31.2 Å². The average molecular weight is 595 g/mol. The van der Waals surface area contributed by atoms with Gasteiger partial charge in [0.25, 0.3) is 0 Å². The minimum absolute atomic E-state index is 0.0951. The molecule has 0 saturated carbocycles. The summed E-state index contributed by atoms with van der Waals surface area (Å²) >= 11 is 0. The van der Waals surface area contributed by atoms with Crippen molar-refractivity contribution in [3.8, 4) is 6.01 Å². The first-order valence-electron chi connectivity index (χ1n) is 14.8. The molecule has 0 amide bonds. The molecule has 10 heteroatoms. The Labute approximate surface area is 249 Å². The SMILES string of the molecule is CCOc1ncc(Nc2cc([C@H](CC)CCC(=O)CS(=O)(=O)c3ccccc3)ccc2N(CC)C2CCOCC2)cn1. The number of nitrogens with zero attached hydrogens (tertiary/aromatic N) is 3. The Morgan fingerprint density at radius 3 is 2.43 bits per heavy atom. The van der Waals surface area contributed by atoms with E-state index in [1.165, 1.54) is 12.1 Å². The van der Waals surface area contributed by atoms with E-state index in [0.29, 0.717) is 25.1 Å². The van der Waals surface area contributed by atoms with Crippen molar-refractivity contribution in [2.45, 2.75) is 69.7 Å². The monoisotopic (exact) mass is 594 g/mol. The first-order chi connectivity index (χ1) is 20.3. The minimum Gasteiger partial charge on any atom is -0.464 e. The minimum atomic E-state index is -3.65. The average Bonchev–Trinajstić information content (AvgIpc) is 3.00. The summed E-state index contributed by atoms with van der Waals surface area (Å²) < 4.78 is 36.4. The van der Waals surface area contributed by atoms with Crippen molar-refractivity contribution in [1.82, 2.24) is 9.97 Å². The molecule has 226 valence electrons. The van der Waals surface area contributed by atoms with Gasteiger partial charge in [0.2, 0.25) is 0 Å². The first-order valence-corrected chi connectivity index (χ1v) is 16.5. The van der Waals surface area contributed by atoms with Gasteiger partial charge in [0.1, 0.15) is 11.5 Å². The van der Waals surface area contributed by atoms with Gasteiger partial charge in [0.15, 0.2) is 9.84 Å². The summed E-state index contributed by atoms with van der Waals surface area (Å²) in [5.41, 5.74) is 3.86. The van der Waals surface area contributed by atoms with Gasteiger partial charge in [-0.2, -0.15) is 0 Å². The smallest absolute Gasteiger partial charge is 0.316 e. The third-order valence-electron chi connectivity index (χ3n) is 7.67. The number of sulfone groups is 1. The molecule has 1 N–H and O–H groups in total. The van der Waals surface area contributed by atoms with E-state index in [-0.39, 0.29) is 23.0 Å². The fourth-order valence-electron chi connectivity index (χ4n) is 5.46. The fourth-order valence-corrected chi connectivity index (χ4v) is 6.76. The molecular formula is C32H42N4O5S. The van der Waals surface area contributed by atoms with Crippen LogP contribution in [0.3, 0.4) is 0 Å². The zero-order valence-electron chi connectivity index (χ0n) is 24.8. The van der Waals surface area contributed by atoms with Gasteiger partial charge < -0.3 is 19.7 Å². The van der Waals surface area contributed by atoms with E-state index in [4.69, 9.17) is 9.47 Å². The second kappa shape index (κ2) is 15.1. The third-order valence-corrected chi connectivity index (χ3v) is 9.36. The van der Waals surface area contributed by atoms with Gasteiger partial charge in [-0.3, -0.25) is 4.79 Å². The lowest BCUT2D eigenvalue weighted by Crippen LogP contribution is -2.39. The Kier molecular flexibility index (Phi) is 11.3. The van der Waals surface area contributed by atoms with Crippen molar-refractivity contribution < 1.29 is 22.7 Å². The predicted molar refractivity (Wildman–Crippen MR) is 166 cm³/mol. The molecule has 1 saturated heterocycles. The van der Waals surface area contributed by atoms with Crippen LogP contribution in [0.4, 0.5) is 17.1 Å². The summed E-state index contributed by atoms with van der Waals surface area (Å²) in [6, 6.07) is 15.3. The summed E-state index contributed by atoms with van der Waals surface area (Å²) in [7, 11) is -3.65. The number of hydrogen-bond acceptors (Lipinski definition) is 9. The Morgan fingerprint density at radius 1 is 1.07 bits per heavy atom. The summed E-state index contributed by atoms with van der Waals surface area (Å²) in [4.78, 5) is 24.0. The second-order valence-electron chi connectivity index (χ2n) is 10.5. The molecule has 0 aliphatic carbocycles. The number of anilines is 3. The number of carbonyl (C=O) groups is 1. The van der Waals surface area contributed by atoms with Crippen LogP contribution in [0.15, 0.2) is 65.8 Å². The van der Waals surface area contributed by atoms with Gasteiger partial charge in [0.05, 0.1) is 41.0 Å². The molecule has 9 nitrogen and oxygen atoms in total. The van der Waals surface area contributed by atoms with Crippen LogP contribution in [-0.2, 0) is 19.4 Å². The number of rotatable bonds is 15. The molecule has 1 atom stereocenters. The van der Waals surface area contributed by atoms with Crippen molar-refractivity contribution >= 4 is 32.7 Å². The van der Waals surface area contributed by atoms with E-state index in [2.05, 4.69) is 52.2 Å². The molecule has 42 heavy (non-hydrogen) atoms. The van der Waals surface area contributed by atoms with Crippen LogP contribution in [-0.4, -0.2) is 62.3 Å². The maximum Gasteiger partial charge on any atom is 0.316 e. The van der Waals surface area contributed by atoms with Crippen LogP contribution in [0.2, 0.25) is 0 Å². The molecule has 1 aliphatic heterocycles. The van der Waals surface area contributed by atoms with Gasteiger partial charge in [-0.15, -0.1) is 0 Å². The quantitative estimate of drug-likeness (QED) is 0.228. The van der Waals surface area contributed by atoms with Gasteiger partial charge >= 0.3 is 6.01 Å². The number of nitrogens with one attached hydrogen (secondary N) is 1. The van der Waals surface area contributed by atoms with E-state index >= 15 is 0 Å². The molecular weight excluding hydrogens is 552 g/mol. The molecule has 0 unspecified atom stereocenters.